The molecule has 1 atom stereocenters. The third-order valence-electron chi connectivity index (χ3n) is 3.35. The smallest absolute Gasteiger partial charge is 0.224 e. The van der Waals surface area contributed by atoms with Crippen LogP contribution in [0.15, 0.2) is 10.7 Å². The summed E-state index contributed by atoms with van der Waals surface area (Å²) in [7, 11) is -1.02. The third kappa shape index (κ3) is 3.60. The van der Waals surface area contributed by atoms with E-state index in [-0.39, 0.29) is 17.5 Å². The Morgan fingerprint density at radius 2 is 2.30 bits per heavy atom. The Hall–Kier alpha value is -0.890. The van der Waals surface area contributed by atoms with Crippen LogP contribution in [0.2, 0.25) is 0 Å². The molecule has 8 heteroatoms. The lowest BCUT2D eigenvalue weighted by atomic mass is 10.2. The van der Waals surface area contributed by atoms with E-state index in [0.29, 0.717) is 12.4 Å². The van der Waals surface area contributed by atoms with Gasteiger partial charge in [-0.2, -0.15) is 4.98 Å². The van der Waals surface area contributed by atoms with E-state index in [1.54, 1.807) is 6.20 Å². The maximum Gasteiger partial charge on any atom is 0.224 e. The number of hydrogen-bond donors (Lipinski definition) is 1. The minimum absolute atomic E-state index is 0.0229. The summed E-state index contributed by atoms with van der Waals surface area (Å²) in [5.41, 5.74) is 0. The van der Waals surface area contributed by atoms with Gasteiger partial charge in [-0.15, -0.1) is 0 Å². The summed E-state index contributed by atoms with van der Waals surface area (Å²) in [4.78, 5) is 10.6. The van der Waals surface area contributed by atoms with Crippen LogP contribution < -0.4 is 10.2 Å². The number of anilines is 2. The molecule has 1 N–H and O–H groups in total. The van der Waals surface area contributed by atoms with E-state index in [1.807, 2.05) is 11.9 Å². The molecule has 0 spiro atoms. The largest absolute Gasteiger partial charge is 0.355 e. The van der Waals surface area contributed by atoms with Crippen LogP contribution in [0.4, 0.5) is 11.8 Å². The predicted octanol–water partition coefficient (Wildman–Crippen LogP) is 1.68. The average molecular weight is 363 g/mol. The lowest BCUT2D eigenvalue weighted by molar-refractivity contribution is 0.600. The number of nitrogens with one attached hydrogen (secondary N) is 1. The van der Waals surface area contributed by atoms with Gasteiger partial charge in [0.1, 0.15) is 5.82 Å². The van der Waals surface area contributed by atoms with Gasteiger partial charge in [0.15, 0.2) is 9.84 Å². The summed E-state index contributed by atoms with van der Waals surface area (Å²) >= 11 is 3.43. The monoisotopic (exact) mass is 362 g/mol. The van der Waals surface area contributed by atoms with Crippen molar-refractivity contribution in [3.8, 4) is 0 Å². The lowest BCUT2D eigenvalue weighted by Gasteiger charge is -2.25. The molecular formula is C12H19BrN4O2S. The van der Waals surface area contributed by atoms with Crippen LogP contribution in [0, 0.1) is 0 Å². The highest BCUT2D eigenvalue weighted by Gasteiger charge is 2.32. The zero-order chi connectivity index (χ0) is 14.8. The Kier molecular flexibility index (Phi) is 4.85. The highest BCUT2D eigenvalue weighted by Crippen LogP contribution is 2.28. The Morgan fingerprint density at radius 3 is 2.90 bits per heavy atom. The van der Waals surface area contributed by atoms with Crippen molar-refractivity contribution < 1.29 is 8.42 Å². The van der Waals surface area contributed by atoms with Gasteiger partial charge in [-0.3, -0.25) is 0 Å². The molecule has 1 saturated heterocycles. The van der Waals surface area contributed by atoms with Crippen molar-refractivity contribution >= 4 is 37.5 Å². The van der Waals surface area contributed by atoms with Gasteiger partial charge in [-0.05, 0) is 28.8 Å². The molecule has 6 nitrogen and oxygen atoms in total. The van der Waals surface area contributed by atoms with Crippen LogP contribution in [-0.2, 0) is 9.84 Å². The fourth-order valence-electron chi connectivity index (χ4n) is 2.18. The normalized spacial score (nSPS) is 20.9. The maximum absolute atomic E-state index is 11.6. The molecule has 0 radical (unpaired) electrons. The van der Waals surface area contributed by atoms with Crippen LogP contribution >= 0.6 is 15.9 Å². The molecule has 1 aromatic heterocycles. The van der Waals surface area contributed by atoms with Crippen LogP contribution in [-0.4, -0.2) is 49.5 Å². The molecule has 0 amide bonds. The summed E-state index contributed by atoms with van der Waals surface area (Å²) in [5.74, 6) is 1.74. The van der Waals surface area contributed by atoms with E-state index in [0.717, 1.165) is 23.3 Å². The first-order chi connectivity index (χ1) is 9.43. The molecule has 0 aromatic carbocycles. The Balaban J connectivity index is 2.18. The summed E-state index contributed by atoms with van der Waals surface area (Å²) in [5, 5.41) is 3.14. The molecule has 1 aliphatic rings. The van der Waals surface area contributed by atoms with E-state index in [1.165, 1.54) is 0 Å². The summed E-state index contributed by atoms with van der Waals surface area (Å²) in [6.07, 6.45) is 3.33. The Morgan fingerprint density at radius 1 is 1.55 bits per heavy atom. The van der Waals surface area contributed by atoms with Gasteiger partial charge in [0.05, 0.1) is 16.0 Å². The van der Waals surface area contributed by atoms with Crippen LogP contribution in [0.3, 0.4) is 0 Å². The molecule has 0 bridgehead atoms. The zero-order valence-corrected chi connectivity index (χ0v) is 14.0. The van der Waals surface area contributed by atoms with Crippen LogP contribution in [0.1, 0.15) is 19.8 Å². The van der Waals surface area contributed by atoms with Crippen molar-refractivity contribution in [3.05, 3.63) is 10.7 Å². The van der Waals surface area contributed by atoms with Gasteiger partial charge in [-0.25, -0.2) is 13.4 Å². The fourth-order valence-corrected chi connectivity index (χ4v) is 4.43. The molecule has 1 fully saturated rings. The second-order valence-corrected chi connectivity index (χ2v) is 8.04. The third-order valence-corrected chi connectivity index (χ3v) is 5.66. The molecule has 1 aromatic rings. The highest BCUT2D eigenvalue weighted by atomic mass is 79.9. The van der Waals surface area contributed by atoms with Crippen molar-refractivity contribution in [2.75, 3.05) is 35.3 Å². The summed E-state index contributed by atoms with van der Waals surface area (Å²) in [6, 6.07) is -0.0229. The molecule has 2 rings (SSSR count). The van der Waals surface area contributed by atoms with Gasteiger partial charge in [0.25, 0.3) is 0 Å². The Bertz CT molecular complexity index is 579. The van der Waals surface area contributed by atoms with Crippen LogP contribution in [0.5, 0.6) is 0 Å². The van der Waals surface area contributed by atoms with Crippen LogP contribution in [0.25, 0.3) is 0 Å². The van der Waals surface area contributed by atoms with Crippen molar-refractivity contribution in [2.24, 2.45) is 0 Å². The number of aromatic nitrogens is 2. The number of hydrogen-bond acceptors (Lipinski definition) is 6. The number of sulfone groups is 1. The molecule has 112 valence electrons. The highest BCUT2D eigenvalue weighted by molar-refractivity contribution is 9.10. The van der Waals surface area contributed by atoms with Crippen molar-refractivity contribution in [3.63, 3.8) is 0 Å². The van der Waals surface area contributed by atoms with E-state index >= 15 is 0 Å². The van der Waals surface area contributed by atoms with Crippen molar-refractivity contribution in [1.82, 2.24) is 9.97 Å². The zero-order valence-electron chi connectivity index (χ0n) is 11.6. The quantitative estimate of drug-likeness (QED) is 0.858. The van der Waals surface area contributed by atoms with E-state index < -0.39 is 9.84 Å². The molecule has 20 heavy (non-hydrogen) atoms. The van der Waals surface area contributed by atoms with Gasteiger partial charge in [0.2, 0.25) is 5.95 Å². The Labute approximate surface area is 128 Å². The summed E-state index contributed by atoms with van der Waals surface area (Å²) in [6.45, 7) is 2.88. The predicted molar refractivity (Wildman–Crippen MR) is 84.0 cm³/mol. The van der Waals surface area contributed by atoms with E-state index in [9.17, 15) is 8.42 Å². The number of nitrogens with zero attached hydrogens (tertiary/aromatic N) is 3. The lowest BCUT2D eigenvalue weighted by Crippen LogP contribution is -2.33. The first-order valence-electron chi connectivity index (χ1n) is 6.62. The second-order valence-electron chi connectivity index (χ2n) is 4.96. The standard InChI is InChI=1S/C12H19BrN4O2S/c1-3-5-14-12-15-7-10(13)11(16-12)17(2)9-4-6-20(18,19)8-9/h7,9H,3-6,8H2,1-2H3,(H,14,15,16). The van der Waals surface area contributed by atoms with E-state index in [2.05, 4.69) is 38.1 Å². The van der Waals surface area contributed by atoms with Gasteiger partial charge >= 0.3 is 0 Å². The SMILES string of the molecule is CCCNc1ncc(Br)c(N(C)C2CCS(=O)(=O)C2)n1. The minimum Gasteiger partial charge on any atom is -0.355 e. The first kappa shape index (κ1) is 15.5. The van der Waals surface area contributed by atoms with Gasteiger partial charge < -0.3 is 10.2 Å². The minimum atomic E-state index is -2.90. The second kappa shape index (κ2) is 6.26. The van der Waals surface area contributed by atoms with Gasteiger partial charge in [0, 0.05) is 25.8 Å². The van der Waals surface area contributed by atoms with E-state index in [4.69, 9.17) is 0 Å². The topological polar surface area (TPSA) is 75.2 Å². The number of rotatable bonds is 5. The molecule has 2 heterocycles. The summed E-state index contributed by atoms with van der Waals surface area (Å²) < 4.78 is 23.9. The van der Waals surface area contributed by atoms with Crippen molar-refractivity contribution in [1.29, 1.82) is 0 Å². The molecular weight excluding hydrogens is 344 g/mol. The first-order valence-corrected chi connectivity index (χ1v) is 9.24. The molecule has 1 unspecified atom stereocenters. The molecule has 1 aliphatic heterocycles. The van der Waals surface area contributed by atoms with Crippen molar-refractivity contribution in [2.45, 2.75) is 25.8 Å². The van der Waals surface area contributed by atoms with Gasteiger partial charge in [-0.1, -0.05) is 6.92 Å². The maximum atomic E-state index is 11.6. The fraction of sp³-hybridized carbons (Fsp3) is 0.667. The average Bonchev–Trinajstić information content (AvgIpc) is 2.77. The molecule has 0 aliphatic carbocycles. The number of halogens is 1. The molecule has 0 saturated carbocycles.